The van der Waals surface area contributed by atoms with Crippen molar-refractivity contribution in [2.75, 3.05) is 5.32 Å². The van der Waals surface area contributed by atoms with Gasteiger partial charge in [-0.3, -0.25) is 14.9 Å². The van der Waals surface area contributed by atoms with Crippen LogP contribution in [0.15, 0.2) is 18.2 Å². The first kappa shape index (κ1) is 19.4. The Morgan fingerprint density at radius 3 is 2.89 bits per heavy atom. The SMILES string of the molecule is CC1CCc2c(C#N)c(NC(=O)c3ccc(Cl)c([N+](=O)[O-])c3)sc(=S)c2C1. The van der Waals surface area contributed by atoms with E-state index in [4.69, 9.17) is 23.8 Å². The number of anilines is 1. The Morgan fingerprint density at radius 2 is 2.22 bits per heavy atom. The summed E-state index contributed by atoms with van der Waals surface area (Å²) in [6.45, 7) is 2.15. The minimum atomic E-state index is -0.649. The van der Waals surface area contributed by atoms with Crippen molar-refractivity contribution in [1.29, 1.82) is 5.26 Å². The Bertz CT molecular complexity index is 1060. The van der Waals surface area contributed by atoms with Crippen LogP contribution in [0.5, 0.6) is 0 Å². The zero-order valence-electron chi connectivity index (χ0n) is 14.2. The number of hydrogen-bond donors (Lipinski definition) is 1. The number of fused-ring (bicyclic) bond motifs is 1. The van der Waals surface area contributed by atoms with Gasteiger partial charge in [-0.05, 0) is 48.4 Å². The molecule has 0 saturated carbocycles. The standard InChI is InChI=1S/C18H14ClN3O3S2/c1-9-2-4-11-12(6-9)18(26)27-17(13(11)8-20)21-16(23)10-3-5-14(19)15(7-10)22(24)25/h3,5,7,9H,2,4,6H2,1H3,(H,21,23). The Morgan fingerprint density at radius 1 is 1.48 bits per heavy atom. The number of nitriles is 1. The summed E-state index contributed by atoms with van der Waals surface area (Å²) in [5.74, 6) is -0.0472. The van der Waals surface area contributed by atoms with Crippen LogP contribution in [0.4, 0.5) is 10.7 Å². The molecule has 0 spiro atoms. The monoisotopic (exact) mass is 419 g/mol. The van der Waals surface area contributed by atoms with Gasteiger partial charge < -0.3 is 5.32 Å². The zero-order valence-corrected chi connectivity index (χ0v) is 16.6. The van der Waals surface area contributed by atoms with Gasteiger partial charge in [-0.2, -0.15) is 5.26 Å². The minimum Gasteiger partial charge on any atom is -0.312 e. The van der Waals surface area contributed by atoms with Crippen LogP contribution in [0.1, 0.15) is 40.4 Å². The molecular formula is C18H14ClN3O3S2. The van der Waals surface area contributed by atoms with E-state index in [0.717, 1.165) is 36.5 Å². The highest BCUT2D eigenvalue weighted by Crippen LogP contribution is 2.36. The summed E-state index contributed by atoms with van der Waals surface area (Å²) in [7, 11) is 0. The lowest BCUT2D eigenvalue weighted by atomic mass is 9.85. The molecule has 0 radical (unpaired) electrons. The highest BCUT2D eigenvalue weighted by molar-refractivity contribution is 7.73. The van der Waals surface area contributed by atoms with Gasteiger partial charge in [0.25, 0.3) is 11.6 Å². The van der Waals surface area contributed by atoms with Crippen molar-refractivity contribution in [2.24, 2.45) is 5.92 Å². The number of carbonyl (C=O) groups excluding carboxylic acids is 1. The summed E-state index contributed by atoms with van der Waals surface area (Å²) in [6, 6.07) is 6.00. The van der Waals surface area contributed by atoms with Crippen LogP contribution >= 0.6 is 35.2 Å². The maximum absolute atomic E-state index is 12.6. The predicted octanol–water partition coefficient (Wildman–Crippen LogP) is 5.29. The molecule has 1 aliphatic rings. The van der Waals surface area contributed by atoms with E-state index in [1.54, 1.807) is 0 Å². The molecule has 0 bridgehead atoms. The molecule has 1 atom stereocenters. The summed E-state index contributed by atoms with van der Waals surface area (Å²) in [6.07, 6.45) is 2.53. The van der Waals surface area contributed by atoms with Gasteiger partial charge in [0.05, 0.1) is 14.3 Å². The van der Waals surface area contributed by atoms with Gasteiger partial charge in [0.1, 0.15) is 16.1 Å². The average Bonchev–Trinajstić information content (AvgIpc) is 2.62. The molecule has 1 unspecified atom stereocenters. The van der Waals surface area contributed by atoms with Gasteiger partial charge in [0, 0.05) is 11.6 Å². The number of amides is 1. The molecule has 0 fully saturated rings. The van der Waals surface area contributed by atoms with Crippen LogP contribution in [0.25, 0.3) is 0 Å². The van der Waals surface area contributed by atoms with E-state index in [9.17, 15) is 20.2 Å². The number of nitro benzene ring substituents is 1. The summed E-state index contributed by atoms with van der Waals surface area (Å²) < 4.78 is 0.660. The molecular weight excluding hydrogens is 406 g/mol. The topological polar surface area (TPSA) is 96.0 Å². The summed E-state index contributed by atoms with van der Waals surface area (Å²) in [5.41, 5.74) is 2.07. The van der Waals surface area contributed by atoms with Gasteiger partial charge in [0.2, 0.25) is 0 Å². The van der Waals surface area contributed by atoms with Crippen LogP contribution in [-0.4, -0.2) is 10.8 Å². The molecule has 1 heterocycles. The fourth-order valence-electron chi connectivity index (χ4n) is 3.12. The van der Waals surface area contributed by atoms with E-state index in [1.807, 2.05) is 0 Å². The van der Waals surface area contributed by atoms with Crippen LogP contribution in [-0.2, 0) is 12.8 Å². The van der Waals surface area contributed by atoms with Crippen molar-refractivity contribution in [3.05, 3.63) is 59.4 Å². The lowest BCUT2D eigenvalue weighted by Gasteiger charge is -2.23. The van der Waals surface area contributed by atoms with Gasteiger partial charge in [-0.25, -0.2) is 0 Å². The molecule has 9 heteroatoms. The maximum Gasteiger partial charge on any atom is 0.288 e. The first-order chi connectivity index (χ1) is 12.8. The number of benzene rings is 1. The minimum absolute atomic E-state index is 0.0483. The number of nitrogens with zero attached hydrogens (tertiary/aromatic N) is 2. The van der Waals surface area contributed by atoms with E-state index < -0.39 is 10.8 Å². The Labute approximate surface area is 169 Å². The molecule has 0 saturated heterocycles. The molecule has 3 rings (SSSR count). The molecule has 1 N–H and O–H groups in total. The predicted molar refractivity (Wildman–Crippen MR) is 107 cm³/mol. The lowest BCUT2D eigenvalue weighted by Crippen LogP contribution is -2.17. The van der Waals surface area contributed by atoms with Crippen LogP contribution in [0.3, 0.4) is 0 Å². The highest BCUT2D eigenvalue weighted by atomic mass is 35.5. The number of rotatable bonds is 3. The number of nitrogens with one attached hydrogen (secondary N) is 1. The van der Waals surface area contributed by atoms with Crippen LogP contribution < -0.4 is 5.32 Å². The fourth-order valence-corrected chi connectivity index (χ4v) is 4.69. The average molecular weight is 420 g/mol. The molecule has 1 amide bonds. The molecule has 0 aliphatic heterocycles. The van der Waals surface area contributed by atoms with Gasteiger partial charge >= 0.3 is 0 Å². The van der Waals surface area contributed by atoms with Crippen molar-refractivity contribution < 1.29 is 9.72 Å². The van der Waals surface area contributed by atoms with E-state index in [-0.39, 0.29) is 16.3 Å². The highest BCUT2D eigenvalue weighted by Gasteiger charge is 2.24. The summed E-state index contributed by atoms with van der Waals surface area (Å²) in [5, 5.41) is 23.7. The number of carbonyl (C=O) groups is 1. The van der Waals surface area contributed by atoms with Crippen molar-refractivity contribution in [3.8, 4) is 6.07 Å². The molecule has 27 heavy (non-hydrogen) atoms. The first-order valence-electron chi connectivity index (χ1n) is 8.16. The summed E-state index contributed by atoms with van der Waals surface area (Å²) >= 11 is 12.4. The maximum atomic E-state index is 12.6. The molecule has 1 aliphatic carbocycles. The van der Waals surface area contributed by atoms with Crippen molar-refractivity contribution in [3.63, 3.8) is 0 Å². The molecule has 6 nitrogen and oxygen atoms in total. The van der Waals surface area contributed by atoms with Crippen molar-refractivity contribution in [2.45, 2.75) is 26.2 Å². The van der Waals surface area contributed by atoms with Gasteiger partial charge in [0.15, 0.2) is 0 Å². The van der Waals surface area contributed by atoms with E-state index in [0.29, 0.717) is 20.3 Å². The Kier molecular flexibility index (Phi) is 5.56. The van der Waals surface area contributed by atoms with Crippen LogP contribution in [0.2, 0.25) is 5.02 Å². The molecule has 138 valence electrons. The largest absolute Gasteiger partial charge is 0.312 e. The van der Waals surface area contributed by atoms with Gasteiger partial charge in [-0.1, -0.05) is 30.7 Å². The second kappa shape index (κ2) is 7.72. The smallest absolute Gasteiger partial charge is 0.288 e. The zero-order chi connectivity index (χ0) is 19.7. The second-order valence-corrected chi connectivity index (χ2v) is 8.48. The van der Waals surface area contributed by atoms with E-state index >= 15 is 0 Å². The number of halogens is 1. The van der Waals surface area contributed by atoms with Crippen LogP contribution in [0, 0.1) is 31.2 Å². The molecule has 2 aromatic rings. The van der Waals surface area contributed by atoms with Gasteiger partial charge in [-0.15, -0.1) is 11.3 Å². The normalized spacial score (nSPS) is 15.5. The summed E-state index contributed by atoms with van der Waals surface area (Å²) in [4.78, 5) is 23.0. The fraction of sp³-hybridized carbons (Fsp3) is 0.278. The van der Waals surface area contributed by atoms with Crippen molar-refractivity contribution in [1.82, 2.24) is 0 Å². The first-order valence-corrected chi connectivity index (χ1v) is 9.76. The Hall–Kier alpha value is -2.34. The van der Waals surface area contributed by atoms with E-state index in [2.05, 4.69) is 18.3 Å². The number of nitro groups is 1. The third-order valence-electron chi connectivity index (χ3n) is 4.52. The third-order valence-corrected chi connectivity index (χ3v) is 6.28. The third kappa shape index (κ3) is 3.86. The second-order valence-electron chi connectivity index (χ2n) is 6.39. The lowest BCUT2D eigenvalue weighted by molar-refractivity contribution is -0.384. The number of hydrogen-bond acceptors (Lipinski definition) is 6. The molecule has 1 aromatic carbocycles. The Balaban J connectivity index is 1.99. The quantitative estimate of drug-likeness (QED) is 0.414. The van der Waals surface area contributed by atoms with E-state index in [1.165, 1.54) is 23.5 Å². The van der Waals surface area contributed by atoms with Crippen molar-refractivity contribution >= 4 is 51.8 Å². The molecule has 1 aromatic heterocycles.